The number of aromatic nitrogens is 1. The standard InChI is InChI=1S/C32H12BF24.C15H11BrNOS/c34-25(35,36)13-1-14(26(37,38)39)6-21(5-13)33(22-7-15(27(40,41)42)2-16(8-22)28(43,44)45,23-9-17(29(46,47)48)3-18(10-23)30(49,50)51)24-11-19(31(52,53)54)4-20(12-24)32(55,56)57;16-12-7-5-11(6-8-12)14(18)9-17-10-19-15-4-2-1-3-13(15)17/h1-12H;1-8,10H,9H2/q-1;+1. The van der Waals surface area contributed by atoms with E-state index in [1.165, 1.54) is 4.70 Å². The molecule has 0 fully saturated rings. The molecule has 0 aliphatic rings. The molecule has 1 aromatic heterocycles. The molecule has 0 unspecified atom stereocenters. The van der Waals surface area contributed by atoms with E-state index >= 15 is 0 Å². The Morgan fingerprint density at radius 2 is 0.658 bits per heavy atom. The SMILES string of the molecule is FC(F)(F)c1cc([B-](c2cc(C(F)(F)F)cc(C(F)(F)F)c2)(c2cc(C(F)(F)F)cc(C(F)(F)F)c2)c2cc(C(F)(F)F)cc(C(F)(F)F)c2)cc(C(F)(F)F)c1.O=C(C[n+]1csc2ccccc21)c1ccc(Br)cc1. The molecule has 0 aliphatic heterocycles. The van der Waals surface area contributed by atoms with E-state index in [-0.39, 0.29) is 5.78 Å². The zero-order valence-electron chi connectivity index (χ0n) is 36.6. The second-order valence-corrected chi connectivity index (χ2v) is 18.3. The Labute approximate surface area is 422 Å². The van der Waals surface area contributed by atoms with Crippen molar-refractivity contribution in [1.29, 1.82) is 0 Å². The Bertz CT molecular complexity index is 2830. The largest absolute Gasteiger partial charge is 0.416 e. The lowest BCUT2D eigenvalue weighted by Crippen LogP contribution is -2.75. The highest BCUT2D eigenvalue weighted by molar-refractivity contribution is 9.10. The summed E-state index contributed by atoms with van der Waals surface area (Å²) in [6.07, 6.45) is -54.8. The summed E-state index contributed by atoms with van der Waals surface area (Å²) in [5.74, 6) is 0.126. The minimum Gasteiger partial charge on any atom is -0.287 e. The van der Waals surface area contributed by atoms with Crippen LogP contribution in [0.4, 0.5) is 105 Å². The molecule has 29 heteroatoms. The lowest BCUT2D eigenvalue weighted by atomic mass is 9.12. The van der Waals surface area contributed by atoms with Gasteiger partial charge in [-0.1, -0.05) is 100 Å². The maximum absolute atomic E-state index is 14.2. The molecule has 0 radical (unpaired) electrons. The van der Waals surface area contributed by atoms with Crippen LogP contribution in [0.2, 0.25) is 0 Å². The number of para-hydroxylation sites is 1. The number of Topliss-reactive ketones (excluding diaryl/α,β-unsaturated/α-hetero) is 1. The van der Waals surface area contributed by atoms with Crippen molar-refractivity contribution in [2.24, 2.45) is 0 Å². The normalized spacial score (nSPS) is 13.4. The van der Waals surface area contributed by atoms with Crippen LogP contribution in [0.25, 0.3) is 10.2 Å². The highest BCUT2D eigenvalue weighted by Gasteiger charge is 2.47. The molecule has 7 aromatic rings. The van der Waals surface area contributed by atoms with Crippen LogP contribution >= 0.6 is 27.3 Å². The second kappa shape index (κ2) is 20.3. The molecule has 0 N–H and O–H groups in total. The number of nitrogens with zero attached hydrogens (tertiary/aromatic N) is 1. The van der Waals surface area contributed by atoms with Gasteiger partial charge in [0.2, 0.25) is 23.4 Å². The van der Waals surface area contributed by atoms with Gasteiger partial charge in [-0.15, -0.1) is 0 Å². The number of ketones is 1. The lowest BCUT2D eigenvalue weighted by molar-refractivity contribution is -0.652. The molecule has 1 heterocycles. The summed E-state index contributed by atoms with van der Waals surface area (Å²) in [7, 11) is 0. The third-order valence-corrected chi connectivity index (χ3v) is 12.9. The number of carbonyl (C=O) groups is 1. The minimum absolute atomic E-state index is 0.126. The van der Waals surface area contributed by atoms with E-state index in [2.05, 4.69) is 22.0 Å². The summed E-state index contributed by atoms with van der Waals surface area (Å²) in [5, 5.41) is 0. The van der Waals surface area contributed by atoms with Gasteiger partial charge in [-0.05, 0) is 42.5 Å². The number of alkyl halides is 24. The van der Waals surface area contributed by atoms with Gasteiger partial charge in [-0.2, -0.15) is 132 Å². The predicted molar refractivity (Wildman–Crippen MR) is 231 cm³/mol. The fourth-order valence-electron chi connectivity index (χ4n) is 8.05. The number of hydrogen-bond acceptors (Lipinski definition) is 2. The van der Waals surface area contributed by atoms with E-state index in [4.69, 9.17) is 0 Å². The molecule has 0 spiro atoms. The van der Waals surface area contributed by atoms with Crippen molar-refractivity contribution in [1.82, 2.24) is 0 Å². The van der Waals surface area contributed by atoms with E-state index in [0.29, 0.717) is 6.54 Å². The zero-order chi connectivity index (χ0) is 57.2. The van der Waals surface area contributed by atoms with E-state index < -0.39 is 195 Å². The van der Waals surface area contributed by atoms with E-state index in [9.17, 15) is 110 Å². The topological polar surface area (TPSA) is 20.9 Å². The summed E-state index contributed by atoms with van der Waals surface area (Å²) in [6.45, 7) is 0.381. The van der Waals surface area contributed by atoms with Crippen molar-refractivity contribution in [2.45, 2.75) is 56.0 Å². The summed E-state index contributed by atoms with van der Waals surface area (Å²) >= 11 is 5.03. The number of thiazole rings is 1. The average molecular weight is 1200 g/mol. The van der Waals surface area contributed by atoms with Gasteiger partial charge in [0, 0.05) is 16.1 Å². The smallest absolute Gasteiger partial charge is 0.287 e. The molecular formula is C47H23BBrF24NOS. The van der Waals surface area contributed by atoms with Gasteiger partial charge in [-0.25, -0.2) is 0 Å². The Morgan fingerprint density at radius 1 is 0.395 bits per heavy atom. The van der Waals surface area contributed by atoms with Crippen molar-refractivity contribution in [3.05, 3.63) is 181 Å². The first-order chi connectivity index (χ1) is 34.5. The zero-order valence-corrected chi connectivity index (χ0v) is 39.0. The monoisotopic (exact) mass is 1200 g/mol. The predicted octanol–water partition coefficient (Wildman–Crippen LogP) is 15.0. The molecule has 7 rings (SSSR count). The van der Waals surface area contributed by atoms with Gasteiger partial charge in [0.05, 0.1) is 44.5 Å². The molecule has 76 heavy (non-hydrogen) atoms. The van der Waals surface area contributed by atoms with Gasteiger partial charge in [0.1, 0.15) is 10.8 Å². The quantitative estimate of drug-likeness (QED) is 0.0674. The summed E-state index contributed by atoms with van der Waals surface area (Å²) < 4.78 is 345. The second-order valence-electron chi connectivity index (χ2n) is 16.5. The number of rotatable bonds is 7. The van der Waals surface area contributed by atoms with Crippen molar-refractivity contribution in [2.75, 3.05) is 0 Å². The van der Waals surface area contributed by atoms with E-state index in [1.54, 1.807) is 11.3 Å². The first-order valence-corrected chi connectivity index (χ1v) is 22.2. The van der Waals surface area contributed by atoms with Crippen LogP contribution in [0.15, 0.2) is 131 Å². The highest BCUT2D eigenvalue weighted by Crippen LogP contribution is 2.41. The minimum atomic E-state index is -6.13. The average Bonchev–Trinajstić information content (AvgIpc) is 3.69. The van der Waals surface area contributed by atoms with E-state index in [0.717, 1.165) is 15.6 Å². The maximum atomic E-state index is 14.2. The number of carbonyl (C=O) groups excluding carboxylic acids is 1. The molecule has 0 saturated carbocycles. The van der Waals surface area contributed by atoms with Crippen LogP contribution in [0.3, 0.4) is 0 Å². The van der Waals surface area contributed by atoms with Crippen molar-refractivity contribution >= 4 is 71.3 Å². The molecule has 0 bridgehead atoms. The molecule has 0 aliphatic carbocycles. The first kappa shape index (κ1) is 59.0. The van der Waals surface area contributed by atoms with Gasteiger partial charge in [0.25, 0.3) is 0 Å². The van der Waals surface area contributed by atoms with Crippen LogP contribution < -0.4 is 26.4 Å². The number of halogens is 25. The van der Waals surface area contributed by atoms with Gasteiger partial charge >= 0.3 is 49.4 Å². The number of hydrogen-bond donors (Lipinski definition) is 0. The molecule has 2 nitrogen and oxygen atoms in total. The molecule has 0 atom stereocenters. The molecule has 0 amide bonds. The third-order valence-electron chi connectivity index (χ3n) is 11.4. The summed E-state index contributed by atoms with van der Waals surface area (Å²) in [5.41, 5.74) is -26.4. The maximum Gasteiger partial charge on any atom is 0.416 e. The molecule has 406 valence electrons. The van der Waals surface area contributed by atoms with Crippen molar-refractivity contribution < 1.29 is 115 Å². The Balaban J connectivity index is 0.000000408. The first-order valence-electron chi connectivity index (χ1n) is 20.5. The summed E-state index contributed by atoms with van der Waals surface area (Å²) in [4.78, 5) is 12.2. The third kappa shape index (κ3) is 13.1. The number of fused-ring (bicyclic) bond motifs is 1. The molecule has 0 saturated heterocycles. The van der Waals surface area contributed by atoms with Gasteiger partial charge < -0.3 is 0 Å². The van der Waals surface area contributed by atoms with Crippen LogP contribution in [0.5, 0.6) is 0 Å². The molecule has 6 aromatic carbocycles. The summed E-state index contributed by atoms with van der Waals surface area (Å²) in [6, 6.07) is 6.79. The van der Waals surface area contributed by atoms with Crippen molar-refractivity contribution in [3.8, 4) is 0 Å². The number of benzene rings is 6. The van der Waals surface area contributed by atoms with Crippen LogP contribution in [-0.2, 0) is 56.0 Å². The Kier molecular flexibility index (Phi) is 15.7. The van der Waals surface area contributed by atoms with Gasteiger partial charge in [0.15, 0.2) is 0 Å². The Morgan fingerprint density at radius 3 is 0.921 bits per heavy atom. The van der Waals surface area contributed by atoms with Crippen LogP contribution in [-0.4, -0.2) is 11.9 Å². The van der Waals surface area contributed by atoms with Crippen LogP contribution in [0.1, 0.15) is 54.9 Å². The Hall–Kier alpha value is -6.26. The fraction of sp³-hybridized carbons (Fsp3) is 0.191. The lowest BCUT2D eigenvalue weighted by Gasteiger charge is -2.46. The highest BCUT2D eigenvalue weighted by atomic mass is 79.9. The fourth-order valence-corrected chi connectivity index (χ4v) is 9.20. The van der Waals surface area contributed by atoms with Gasteiger partial charge in [-0.3, -0.25) is 4.79 Å². The van der Waals surface area contributed by atoms with Crippen molar-refractivity contribution in [3.63, 3.8) is 0 Å². The van der Waals surface area contributed by atoms with E-state index in [1.807, 2.05) is 52.5 Å². The van der Waals surface area contributed by atoms with Crippen LogP contribution in [0, 0.1) is 0 Å². The molecular weight excluding hydrogens is 1170 g/mol.